The summed E-state index contributed by atoms with van der Waals surface area (Å²) in [5.41, 5.74) is 1.78. The summed E-state index contributed by atoms with van der Waals surface area (Å²) in [7, 11) is 0. The predicted molar refractivity (Wildman–Crippen MR) is 73.3 cm³/mol. The zero-order valence-corrected chi connectivity index (χ0v) is 10.9. The van der Waals surface area contributed by atoms with Gasteiger partial charge in [0.25, 0.3) is 11.5 Å². The third kappa shape index (κ3) is 3.07. The number of carbonyl (C=O) groups is 1. The summed E-state index contributed by atoms with van der Waals surface area (Å²) >= 11 is 0. The molecule has 1 aromatic carbocycles. The maximum Gasteiger partial charge on any atom is 0.276 e. The third-order valence-corrected chi connectivity index (χ3v) is 2.67. The van der Waals surface area contributed by atoms with Crippen molar-refractivity contribution in [1.29, 1.82) is 0 Å². The van der Waals surface area contributed by atoms with Gasteiger partial charge in [0.15, 0.2) is 0 Å². The molecule has 0 aliphatic rings. The van der Waals surface area contributed by atoms with Crippen LogP contribution in [0.25, 0.3) is 0 Å². The molecule has 1 heterocycles. The van der Waals surface area contributed by atoms with Gasteiger partial charge >= 0.3 is 0 Å². The average Bonchev–Trinajstić information content (AvgIpc) is 2.39. The Morgan fingerprint density at radius 2 is 2.11 bits per heavy atom. The third-order valence-electron chi connectivity index (χ3n) is 2.67. The summed E-state index contributed by atoms with van der Waals surface area (Å²) in [6.45, 7) is 4.19. The monoisotopic (exact) mass is 257 g/mol. The lowest BCUT2D eigenvalue weighted by molar-refractivity contribution is 0.102. The number of aryl methyl sites for hydroxylation is 2. The van der Waals surface area contributed by atoms with Crippen molar-refractivity contribution in [3.8, 4) is 0 Å². The van der Waals surface area contributed by atoms with E-state index in [1.807, 2.05) is 25.1 Å². The highest BCUT2D eigenvalue weighted by Crippen LogP contribution is 2.10. The molecule has 0 saturated heterocycles. The van der Waals surface area contributed by atoms with Gasteiger partial charge in [-0.15, -0.1) is 0 Å². The number of nitrogens with zero attached hydrogens (tertiary/aromatic N) is 2. The van der Waals surface area contributed by atoms with Gasteiger partial charge in [-0.05, 0) is 37.6 Å². The molecule has 0 atom stereocenters. The van der Waals surface area contributed by atoms with Gasteiger partial charge in [0.1, 0.15) is 5.69 Å². The second-order valence-electron chi connectivity index (χ2n) is 4.20. The minimum Gasteiger partial charge on any atom is -0.321 e. The van der Waals surface area contributed by atoms with Gasteiger partial charge in [-0.2, -0.15) is 5.10 Å². The number of benzene rings is 1. The SMILES string of the molecule is CCn1nc(C(=O)Nc2cccc(C)c2)ccc1=O. The molecular weight excluding hydrogens is 242 g/mol. The molecule has 0 aliphatic heterocycles. The van der Waals surface area contributed by atoms with E-state index in [1.54, 1.807) is 13.0 Å². The van der Waals surface area contributed by atoms with E-state index in [2.05, 4.69) is 10.4 Å². The molecule has 0 unspecified atom stereocenters. The van der Waals surface area contributed by atoms with Gasteiger partial charge in [0.05, 0.1) is 0 Å². The maximum atomic E-state index is 12.0. The van der Waals surface area contributed by atoms with Crippen LogP contribution in [0.4, 0.5) is 5.69 Å². The fourth-order valence-electron chi connectivity index (χ4n) is 1.71. The van der Waals surface area contributed by atoms with E-state index in [9.17, 15) is 9.59 Å². The van der Waals surface area contributed by atoms with Crippen LogP contribution in [0.2, 0.25) is 0 Å². The highest BCUT2D eigenvalue weighted by atomic mass is 16.2. The number of carbonyl (C=O) groups excluding carboxylic acids is 1. The first-order valence-electron chi connectivity index (χ1n) is 6.06. The van der Waals surface area contributed by atoms with E-state index in [0.717, 1.165) is 5.56 Å². The first kappa shape index (κ1) is 13.0. The Morgan fingerprint density at radius 1 is 1.32 bits per heavy atom. The minimum atomic E-state index is -0.326. The molecule has 2 rings (SSSR count). The minimum absolute atomic E-state index is 0.213. The van der Waals surface area contributed by atoms with Crippen molar-refractivity contribution >= 4 is 11.6 Å². The lowest BCUT2D eigenvalue weighted by Gasteiger charge is -2.06. The van der Waals surface area contributed by atoms with E-state index in [1.165, 1.54) is 16.8 Å². The fourth-order valence-corrected chi connectivity index (χ4v) is 1.71. The Hall–Kier alpha value is -2.43. The number of rotatable bonds is 3. The molecule has 0 saturated carbocycles. The average molecular weight is 257 g/mol. The molecule has 1 aromatic heterocycles. The molecule has 5 heteroatoms. The zero-order valence-electron chi connectivity index (χ0n) is 10.9. The van der Waals surface area contributed by atoms with Crippen molar-refractivity contribution in [3.63, 3.8) is 0 Å². The Bertz CT molecular complexity index is 662. The van der Waals surface area contributed by atoms with Crippen molar-refractivity contribution in [2.75, 3.05) is 5.32 Å². The number of anilines is 1. The maximum absolute atomic E-state index is 12.0. The van der Waals surface area contributed by atoms with Crippen LogP contribution < -0.4 is 10.9 Å². The zero-order chi connectivity index (χ0) is 13.8. The molecule has 0 radical (unpaired) electrons. The van der Waals surface area contributed by atoms with Gasteiger partial charge < -0.3 is 5.32 Å². The van der Waals surface area contributed by atoms with Gasteiger partial charge in [-0.3, -0.25) is 9.59 Å². The van der Waals surface area contributed by atoms with Crippen LogP contribution in [0.1, 0.15) is 23.0 Å². The van der Waals surface area contributed by atoms with Crippen LogP contribution in [0.15, 0.2) is 41.2 Å². The second-order valence-corrected chi connectivity index (χ2v) is 4.20. The van der Waals surface area contributed by atoms with E-state index in [0.29, 0.717) is 12.2 Å². The highest BCUT2D eigenvalue weighted by Gasteiger charge is 2.09. The van der Waals surface area contributed by atoms with E-state index >= 15 is 0 Å². The summed E-state index contributed by atoms with van der Waals surface area (Å²) in [4.78, 5) is 23.4. The van der Waals surface area contributed by atoms with Crippen molar-refractivity contribution in [2.45, 2.75) is 20.4 Å². The smallest absolute Gasteiger partial charge is 0.276 e. The quantitative estimate of drug-likeness (QED) is 0.912. The Morgan fingerprint density at radius 3 is 2.79 bits per heavy atom. The largest absolute Gasteiger partial charge is 0.321 e. The van der Waals surface area contributed by atoms with Crippen LogP contribution in [-0.4, -0.2) is 15.7 Å². The summed E-state index contributed by atoms with van der Waals surface area (Å²) in [5, 5.41) is 6.75. The molecule has 2 aromatic rings. The number of aromatic nitrogens is 2. The Labute approximate surface area is 110 Å². The van der Waals surface area contributed by atoms with E-state index < -0.39 is 0 Å². The molecule has 1 N–H and O–H groups in total. The van der Waals surface area contributed by atoms with Crippen LogP contribution in [-0.2, 0) is 6.54 Å². The normalized spacial score (nSPS) is 10.2. The molecule has 0 spiro atoms. The molecule has 0 bridgehead atoms. The first-order valence-corrected chi connectivity index (χ1v) is 6.06. The van der Waals surface area contributed by atoms with Gasteiger partial charge in [-0.25, -0.2) is 4.68 Å². The summed E-state index contributed by atoms with van der Waals surface area (Å²) < 4.78 is 1.26. The molecule has 5 nitrogen and oxygen atoms in total. The second kappa shape index (κ2) is 5.48. The van der Waals surface area contributed by atoms with Crippen molar-refractivity contribution in [2.24, 2.45) is 0 Å². The molecule has 1 amide bonds. The van der Waals surface area contributed by atoms with Crippen molar-refractivity contribution < 1.29 is 4.79 Å². The summed E-state index contributed by atoms with van der Waals surface area (Å²) in [5.74, 6) is -0.326. The van der Waals surface area contributed by atoms with Crippen molar-refractivity contribution in [3.05, 3.63) is 58.0 Å². The fraction of sp³-hybridized carbons (Fsp3) is 0.214. The van der Waals surface area contributed by atoms with Gasteiger partial charge in [-0.1, -0.05) is 12.1 Å². The number of amides is 1. The molecule has 98 valence electrons. The van der Waals surface area contributed by atoms with Gasteiger partial charge in [0, 0.05) is 18.3 Å². The number of hydrogen-bond acceptors (Lipinski definition) is 3. The van der Waals surface area contributed by atoms with Crippen molar-refractivity contribution in [1.82, 2.24) is 9.78 Å². The van der Waals surface area contributed by atoms with Crippen LogP contribution >= 0.6 is 0 Å². The number of hydrogen-bond donors (Lipinski definition) is 1. The van der Waals surface area contributed by atoms with E-state index in [4.69, 9.17) is 0 Å². The molecule has 19 heavy (non-hydrogen) atoms. The van der Waals surface area contributed by atoms with Crippen LogP contribution in [0, 0.1) is 6.92 Å². The van der Waals surface area contributed by atoms with E-state index in [-0.39, 0.29) is 17.2 Å². The summed E-state index contributed by atoms with van der Waals surface area (Å²) in [6.07, 6.45) is 0. The standard InChI is InChI=1S/C14H15N3O2/c1-3-17-13(18)8-7-12(16-17)14(19)15-11-6-4-5-10(2)9-11/h4-9H,3H2,1-2H3,(H,15,19). The Balaban J connectivity index is 2.23. The topological polar surface area (TPSA) is 64.0 Å². The Kier molecular flexibility index (Phi) is 3.75. The lowest BCUT2D eigenvalue weighted by Crippen LogP contribution is -2.25. The number of nitrogens with one attached hydrogen (secondary N) is 1. The van der Waals surface area contributed by atoms with Crippen LogP contribution in [0.5, 0.6) is 0 Å². The summed E-state index contributed by atoms with van der Waals surface area (Å²) in [6, 6.07) is 10.3. The molecular formula is C14H15N3O2. The van der Waals surface area contributed by atoms with Gasteiger partial charge in [0.2, 0.25) is 0 Å². The lowest BCUT2D eigenvalue weighted by atomic mass is 10.2. The predicted octanol–water partition coefficient (Wildman–Crippen LogP) is 1.82. The molecule has 0 aliphatic carbocycles. The highest BCUT2D eigenvalue weighted by molar-refractivity contribution is 6.02. The first-order chi connectivity index (χ1) is 9.10. The molecule has 0 fully saturated rings. The van der Waals surface area contributed by atoms with Crippen LogP contribution in [0.3, 0.4) is 0 Å².